The van der Waals surface area contributed by atoms with Crippen LogP contribution in [0.25, 0.3) is 0 Å². The van der Waals surface area contributed by atoms with Crippen molar-refractivity contribution in [2.45, 2.75) is 52.6 Å². The number of benzene rings is 1. The molecule has 3 nitrogen and oxygen atoms in total. The lowest BCUT2D eigenvalue weighted by Gasteiger charge is -2.27. The minimum Gasteiger partial charge on any atom is -0.349 e. The summed E-state index contributed by atoms with van der Waals surface area (Å²) in [5, 5.41) is 3.00. The van der Waals surface area contributed by atoms with Crippen molar-refractivity contribution in [1.29, 1.82) is 0 Å². The highest BCUT2D eigenvalue weighted by molar-refractivity contribution is 5.85. The minimum absolute atomic E-state index is 0. The van der Waals surface area contributed by atoms with Gasteiger partial charge in [0.2, 0.25) is 5.91 Å². The number of halogens is 2. The SMILES string of the molecule is CC(N)CC(=O)NC(CC(C)(C)C)c1ccc(F)cc1.Cl. The van der Waals surface area contributed by atoms with Crippen LogP contribution in [0.2, 0.25) is 0 Å². The minimum atomic E-state index is -0.273. The third kappa shape index (κ3) is 8.02. The predicted octanol–water partition coefficient (Wildman–Crippen LogP) is 3.58. The molecule has 0 fully saturated rings. The second-order valence-electron chi connectivity index (χ2n) is 6.62. The van der Waals surface area contributed by atoms with E-state index in [1.54, 1.807) is 19.1 Å². The molecular weight excluding hydrogens is 291 g/mol. The maximum absolute atomic E-state index is 13.0. The molecule has 21 heavy (non-hydrogen) atoms. The maximum Gasteiger partial charge on any atom is 0.222 e. The Morgan fingerprint density at radius 1 is 1.29 bits per heavy atom. The molecule has 0 aliphatic heterocycles. The van der Waals surface area contributed by atoms with Gasteiger partial charge in [-0.05, 0) is 36.5 Å². The molecule has 120 valence electrons. The first-order chi connectivity index (χ1) is 9.17. The molecule has 0 radical (unpaired) electrons. The van der Waals surface area contributed by atoms with Gasteiger partial charge in [0.05, 0.1) is 6.04 Å². The summed E-state index contributed by atoms with van der Waals surface area (Å²) in [5.74, 6) is -0.344. The van der Waals surface area contributed by atoms with E-state index in [-0.39, 0.29) is 41.6 Å². The van der Waals surface area contributed by atoms with Crippen LogP contribution in [0.5, 0.6) is 0 Å². The molecule has 0 aliphatic carbocycles. The molecule has 2 unspecified atom stereocenters. The summed E-state index contributed by atoms with van der Waals surface area (Å²) in [7, 11) is 0. The Kier molecular flexibility index (Phi) is 7.90. The zero-order valence-corrected chi connectivity index (χ0v) is 14.0. The van der Waals surface area contributed by atoms with Gasteiger partial charge in [-0.3, -0.25) is 4.79 Å². The summed E-state index contributed by atoms with van der Waals surface area (Å²) < 4.78 is 13.0. The van der Waals surface area contributed by atoms with Gasteiger partial charge in [0, 0.05) is 12.5 Å². The highest BCUT2D eigenvalue weighted by Crippen LogP contribution is 2.29. The van der Waals surface area contributed by atoms with Crippen LogP contribution in [0.1, 0.15) is 52.1 Å². The van der Waals surface area contributed by atoms with Gasteiger partial charge in [-0.2, -0.15) is 0 Å². The van der Waals surface area contributed by atoms with Crippen molar-refractivity contribution < 1.29 is 9.18 Å². The zero-order chi connectivity index (χ0) is 15.3. The van der Waals surface area contributed by atoms with Crippen molar-refractivity contribution in [2.75, 3.05) is 0 Å². The Balaban J connectivity index is 0.00000400. The van der Waals surface area contributed by atoms with Crippen LogP contribution in [-0.4, -0.2) is 11.9 Å². The quantitative estimate of drug-likeness (QED) is 0.872. The molecule has 1 aromatic carbocycles. The van der Waals surface area contributed by atoms with Gasteiger partial charge >= 0.3 is 0 Å². The van der Waals surface area contributed by atoms with Crippen LogP contribution < -0.4 is 11.1 Å². The van der Waals surface area contributed by atoms with Crippen molar-refractivity contribution >= 4 is 18.3 Å². The molecule has 1 aromatic rings. The summed E-state index contributed by atoms with van der Waals surface area (Å²) >= 11 is 0. The van der Waals surface area contributed by atoms with Crippen molar-refractivity contribution in [3.63, 3.8) is 0 Å². The first-order valence-electron chi connectivity index (χ1n) is 6.98. The summed E-state index contributed by atoms with van der Waals surface area (Å²) in [6.07, 6.45) is 1.07. The standard InChI is InChI=1S/C16H25FN2O.ClH/c1-11(18)9-15(20)19-14(10-16(2,3)4)12-5-7-13(17)8-6-12;/h5-8,11,14H,9-10,18H2,1-4H3,(H,19,20);1H. The molecule has 0 spiro atoms. The Hall–Kier alpha value is -1.13. The number of nitrogens with one attached hydrogen (secondary N) is 1. The monoisotopic (exact) mass is 316 g/mol. The number of carbonyl (C=O) groups excluding carboxylic acids is 1. The van der Waals surface area contributed by atoms with Gasteiger partial charge < -0.3 is 11.1 Å². The summed E-state index contributed by atoms with van der Waals surface area (Å²) in [6, 6.07) is 5.99. The fourth-order valence-electron chi connectivity index (χ4n) is 2.11. The van der Waals surface area contributed by atoms with E-state index in [0.717, 1.165) is 12.0 Å². The maximum atomic E-state index is 13.0. The van der Waals surface area contributed by atoms with E-state index in [1.165, 1.54) is 12.1 Å². The molecule has 0 aromatic heterocycles. The number of amides is 1. The van der Waals surface area contributed by atoms with E-state index in [4.69, 9.17) is 5.73 Å². The van der Waals surface area contributed by atoms with Crippen LogP contribution in [-0.2, 0) is 4.79 Å². The van der Waals surface area contributed by atoms with E-state index in [2.05, 4.69) is 26.1 Å². The third-order valence-corrected chi connectivity index (χ3v) is 2.93. The number of nitrogens with two attached hydrogens (primary N) is 1. The highest BCUT2D eigenvalue weighted by Gasteiger charge is 2.22. The van der Waals surface area contributed by atoms with Crippen molar-refractivity contribution in [3.8, 4) is 0 Å². The molecule has 0 saturated carbocycles. The molecule has 0 saturated heterocycles. The van der Waals surface area contributed by atoms with Gasteiger partial charge in [0.1, 0.15) is 5.82 Å². The first-order valence-corrected chi connectivity index (χ1v) is 6.98. The molecule has 0 heterocycles. The largest absolute Gasteiger partial charge is 0.349 e. The number of carbonyl (C=O) groups is 1. The van der Waals surface area contributed by atoms with Crippen LogP contribution in [0.4, 0.5) is 4.39 Å². The van der Waals surface area contributed by atoms with E-state index >= 15 is 0 Å². The smallest absolute Gasteiger partial charge is 0.222 e. The van der Waals surface area contributed by atoms with E-state index < -0.39 is 0 Å². The van der Waals surface area contributed by atoms with Crippen LogP contribution in [0.3, 0.4) is 0 Å². The normalized spacial score (nSPS) is 14.0. The average Bonchev–Trinajstić information content (AvgIpc) is 2.25. The van der Waals surface area contributed by atoms with Crippen molar-refractivity contribution in [3.05, 3.63) is 35.6 Å². The summed E-state index contributed by atoms with van der Waals surface area (Å²) in [4.78, 5) is 11.9. The lowest BCUT2D eigenvalue weighted by Crippen LogP contribution is -2.34. The highest BCUT2D eigenvalue weighted by atomic mass is 35.5. The van der Waals surface area contributed by atoms with E-state index in [1.807, 2.05) is 0 Å². The zero-order valence-electron chi connectivity index (χ0n) is 13.2. The number of rotatable bonds is 5. The second kappa shape index (κ2) is 8.35. The van der Waals surface area contributed by atoms with Crippen LogP contribution >= 0.6 is 12.4 Å². The van der Waals surface area contributed by atoms with Crippen molar-refractivity contribution in [2.24, 2.45) is 11.1 Å². The molecule has 5 heteroatoms. The topological polar surface area (TPSA) is 55.1 Å². The average molecular weight is 317 g/mol. The fourth-order valence-corrected chi connectivity index (χ4v) is 2.11. The summed E-state index contributed by atoms with van der Waals surface area (Å²) in [5.41, 5.74) is 6.62. The summed E-state index contributed by atoms with van der Waals surface area (Å²) in [6.45, 7) is 8.14. The van der Waals surface area contributed by atoms with E-state index in [0.29, 0.717) is 6.42 Å². The van der Waals surface area contributed by atoms with Crippen LogP contribution in [0.15, 0.2) is 24.3 Å². The predicted molar refractivity (Wildman–Crippen MR) is 86.9 cm³/mol. The molecule has 2 atom stereocenters. The molecule has 1 rings (SSSR count). The lowest BCUT2D eigenvalue weighted by atomic mass is 9.85. The van der Waals surface area contributed by atoms with Crippen molar-refractivity contribution in [1.82, 2.24) is 5.32 Å². The first kappa shape index (κ1) is 19.9. The molecule has 3 N–H and O–H groups in total. The molecule has 0 aliphatic rings. The fraction of sp³-hybridized carbons (Fsp3) is 0.562. The van der Waals surface area contributed by atoms with Gasteiger partial charge in [-0.1, -0.05) is 32.9 Å². The molecule has 0 bridgehead atoms. The Labute approximate surface area is 132 Å². The number of hydrogen-bond donors (Lipinski definition) is 2. The van der Waals surface area contributed by atoms with Gasteiger partial charge in [-0.25, -0.2) is 4.39 Å². The Morgan fingerprint density at radius 3 is 2.24 bits per heavy atom. The Bertz CT molecular complexity index is 441. The Morgan fingerprint density at radius 2 is 1.81 bits per heavy atom. The number of hydrogen-bond acceptors (Lipinski definition) is 2. The molecule has 1 amide bonds. The molecular formula is C16H26ClFN2O. The van der Waals surface area contributed by atoms with Crippen LogP contribution in [0, 0.1) is 11.2 Å². The third-order valence-electron chi connectivity index (χ3n) is 2.93. The van der Waals surface area contributed by atoms with E-state index in [9.17, 15) is 9.18 Å². The second-order valence-corrected chi connectivity index (χ2v) is 6.62. The lowest BCUT2D eigenvalue weighted by molar-refractivity contribution is -0.122. The van der Waals surface area contributed by atoms with Gasteiger partial charge in [-0.15, -0.1) is 12.4 Å². The van der Waals surface area contributed by atoms with Gasteiger partial charge in [0.15, 0.2) is 0 Å². The van der Waals surface area contributed by atoms with Gasteiger partial charge in [0.25, 0.3) is 0 Å².